The third kappa shape index (κ3) is 4.64. The standard InChI is InChI=1S/C23H33N5O/c1-18-4-9-23(29)28(18)22-7-5-21(6-8-22)27-15-10-20(11-16-27)25-12-3-14-26-17-13-24-19(26)2/h5-8,13,17-18,20,25H,3-4,9-12,14-16H2,1-2H3. The van der Waals surface area contributed by atoms with Crippen molar-refractivity contribution < 1.29 is 4.79 Å². The normalized spacial score (nSPS) is 20.6. The van der Waals surface area contributed by atoms with Crippen LogP contribution < -0.4 is 15.1 Å². The first-order valence-electron chi connectivity index (χ1n) is 11.0. The van der Waals surface area contributed by atoms with E-state index in [2.05, 4.69) is 64.1 Å². The van der Waals surface area contributed by atoms with Crippen molar-refractivity contribution in [2.45, 2.75) is 64.6 Å². The number of piperidine rings is 1. The summed E-state index contributed by atoms with van der Waals surface area (Å²) in [4.78, 5) is 20.8. The van der Waals surface area contributed by atoms with Crippen molar-refractivity contribution in [3.05, 3.63) is 42.5 Å². The SMILES string of the molecule is Cc1nccn1CCCNC1CCN(c2ccc(N3C(=O)CCC3C)cc2)CC1. The Hall–Kier alpha value is -2.34. The molecule has 3 heterocycles. The van der Waals surface area contributed by atoms with E-state index >= 15 is 0 Å². The van der Waals surface area contributed by atoms with Crippen molar-refractivity contribution in [3.8, 4) is 0 Å². The van der Waals surface area contributed by atoms with E-state index in [1.165, 1.54) is 18.5 Å². The van der Waals surface area contributed by atoms with E-state index in [1.54, 1.807) is 0 Å². The van der Waals surface area contributed by atoms with Crippen molar-refractivity contribution in [2.75, 3.05) is 29.4 Å². The lowest BCUT2D eigenvalue weighted by Crippen LogP contribution is -2.43. The van der Waals surface area contributed by atoms with Gasteiger partial charge in [-0.1, -0.05) is 0 Å². The number of rotatable bonds is 7. The van der Waals surface area contributed by atoms with Crippen molar-refractivity contribution in [2.24, 2.45) is 0 Å². The summed E-state index contributed by atoms with van der Waals surface area (Å²) in [5.41, 5.74) is 2.30. The van der Waals surface area contributed by atoms with Gasteiger partial charge in [0.05, 0.1) is 0 Å². The lowest BCUT2D eigenvalue weighted by molar-refractivity contribution is -0.117. The fraction of sp³-hybridized carbons (Fsp3) is 0.565. The Morgan fingerprint density at radius 2 is 1.83 bits per heavy atom. The number of aromatic nitrogens is 2. The van der Waals surface area contributed by atoms with Gasteiger partial charge < -0.3 is 19.7 Å². The number of anilines is 2. The summed E-state index contributed by atoms with van der Waals surface area (Å²) >= 11 is 0. The number of hydrogen-bond donors (Lipinski definition) is 1. The number of carbonyl (C=O) groups is 1. The number of benzene rings is 1. The van der Waals surface area contributed by atoms with E-state index in [4.69, 9.17) is 0 Å². The van der Waals surface area contributed by atoms with Crippen LogP contribution in [0.4, 0.5) is 11.4 Å². The minimum absolute atomic E-state index is 0.250. The first-order valence-corrected chi connectivity index (χ1v) is 11.0. The first kappa shape index (κ1) is 20.0. The molecule has 1 N–H and O–H groups in total. The Kier molecular flexibility index (Phi) is 6.19. The van der Waals surface area contributed by atoms with Gasteiger partial charge in [-0.05, 0) is 70.3 Å². The molecule has 0 bridgehead atoms. The molecular weight excluding hydrogens is 362 g/mol. The molecular formula is C23H33N5O. The molecule has 1 unspecified atom stereocenters. The van der Waals surface area contributed by atoms with Gasteiger partial charge in [0.25, 0.3) is 0 Å². The molecule has 2 aliphatic heterocycles. The molecule has 29 heavy (non-hydrogen) atoms. The molecule has 2 fully saturated rings. The number of nitrogens with one attached hydrogen (secondary N) is 1. The minimum atomic E-state index is 0.250. The Morgan fingerprint density at radius 1 is 1.10 bits per heavy atom. The van der Waals surface area contributed by atoms with Crippen LogP contribution in [-0.4, -0.2) is 47.2 Å². The summed E-state index contributed by atoms with van der Waals surface area (Å²) in [5, 5.41) is 3.73. The average Bonchev–Trinajstić information content (AvgIpc) is 3.30. The predicted octanol–water partition coefficient (Wildman–Crippen LogP) is 3.36. The molecule has 6 nitrogen and oxygen atoms in total. The van der Waals surface area contributed by atoms with E-state index in [0.29, 0.717) is 18.5 Å². The molecule has 1 aromatic carbocycles. The highest BCUT2D eigenvalue weighted by atomic mass is 16.2. The van der Waals surface area contributed by atoms with Crippen LogP contribution in [0.3, 0.4) is 0 Å². The van der Waals surface area contributed by atoms with E-state index in [-0.39, 0.29) is 5.91 Å². The van der Waals surface area contributed by atoms with Gasteiger partial charge in [0.15, 0.2) is 0 Å². The average molecular weight is 396 g/mol. The maximum Gasteiger partial charge on any atom is 0.227 e. The van der Waals surface area contributed by atoms with Gasteiger partial charge in [-0.3, -0.25) is 4.79 Å². The highest BCUT2D eigenvalue weighted by molar-refractivity contribution is 5.96. The number of imidazole rings is 1. The zero-order valence-corrected chi connectivity index (χ0v) is 17.7. The van der Waals surface area contributed by atoms with Crippen molar-refractivity contribution in [1.82, 2.24) is 14.9 Å². The monoisotopic (exact) mass is 395 g/mol. The van der Waals surface area contributed by atoms with Gasteiger partial charge >= 0.3 is 0 Å². The van der Waals surface area contributed by atoms with Gasteiger partial charge in [0.2, 0.25) is 5.91 Å². The van der Waals surface area contributed by atoms with Crippen molar-refractivity contribution in [3.63, 3.8) is 0 Å². The largest absolute Gasteiger partial charge is 0.371 e. The maximum absolute atomic E-state index is 12.1. The van der Waals surface area contributed by atoms with E-state index < -0.39 is 0 Å². The molecule has 2 saturated heterocycles. The highest BCUT2D eigenvalue weighted by Crippen LogP contribution is 2.29. The molecule has 0 saturated carbocycles. The number of aryl methyl sites for hydroxylation is 2. The first-order chi connectivity index (χ1) is 14.1. The lowest BCUT2D eigenvalue weighted by Gasteiger charge is -2.34. The summed E-state index contributed by atoms with van der Waals surface area (Å²) in [6, 6.07) is 9.49. The maximum atomic E-state index is 12.1. The Labute approximate surface area is 173 Å². The van der Waals surface area contributed by atoms with Crippen LogP contribution in [0.2, 0.25) is 0 Å². The third-order valence-electron chi connectivity index (χ3n) is 6.41. The molecule has 4 rings (SSSR count). The smallest absolute Gasteiger partial charge is 0.227 e. The van der Waals surface area contributed by atoms with E-state index in [0.717, 1.165) is 50.5 Å². The number of amides is 1. The summed E-state index contributed by atoms with van der Waals surface area (Å²) in [6.07, 6.45) is 9.04. The molecule has 0 spiro atoms. The molecule has 1 aromatic heterocycles. The molecule has 0 radical (unpaired) electrons. The van der Waals surface area contributed by atoms with Crippen molar-refractivity contribution >= 4 is 17.3 Å². The lowest BCUT2D eigenvalue weighted by atomic mass is 10.0. The topological polar surface area (TPSA) is 53.4 Å². The molecule has 156 valence electrons. The summed E-state index contributed by atoms with van der Waals surface area (Å²) in [5.74, 6) is 1.34. The number of hydrogen-bond acceptors (Lipinski definition) is 4. The van der Waals surface area contributed by atoms with Gasteiger partial charge in [-0.15, -0.1) is 0 Å². The minimum Gasteiger partial charge on any atom is -0.371 e. The summed E-state index contributed by atoms with van der Waals surface area (Å²) < 4.78 is 2.21. The molecule has 6 heteroatoms. The van der Waals surface area contributed by atoms with Crippen LogP contribution in [0.1, 0.15) is 44.9 Å². The van der Waals surface area contributed by atoms with Gasteiger partial charge in [-0.25, -0.2) is 4.98 Å². The predicted molar refractivity (Wildman–Crippen MR) is 117 cm³/mol. The second-order valence-electron chi connectivity index (χ2n) is 8.40. The van der Waals surface area contributed by atoms with Crippen LogP contribution in [0.15, 0.2) is 36.7 Å². The second kappa shape index (κ2) is 8.99. The Morgan fingerprint density at radius 3 is 2.45 bits per heavy atom. The Balaban J connectivity index is 1.21. The fourth-order valence-corrected chi connectivity index (χ4v) is 4.59. The highest BCUT2D eigenvalue weighted by Gasteiger charge is 2.28. The molecule has 1 amide bonds. The van der Waals surface area contributed by atoms with Crippen LogP contribution in [-0.2, 0) is 11.3 Å². The van der Waals surface area contributed by atoms with E-state index in [9.17, 15) is 4.79 Å². The quantitative estimate of drug-likeness (QED) is 0.731. The molecule has 1 atom stereocenters. The molecule has 2 aliphatic rings. The van der Waals surface area contributed by atoms with Gasteiger partial charge in [0.1, 0.15) is 5.82 Å². The third-order valence-corrected chi connectivity index (χ3v) is 6.41. The summed E-state index contributed by atoms with van der Waals surface area (Å²) in [7, 11) is 0. The van der Waals surface area contributed by atoms with E-state index in [1.807, 2.05) is 11.1 Å². The Bertz CT molecular complexity index is 807. The second-order valence-corrected chi connectivity index (χ2v) is 8.40. The van der Waals surface area contributed by atoms with Crippen LogP contribution in [0, 0.1) is 6.92 Å². The fourth-order valence-electron chi connectivity index (χ4n) is 4.59. The van der Waals surface area contributed by atoms with Crippen LogP contribution >= 0.6 is 0 Å². The van der Waals surface area contributed by atoms with Gasteiger partial charge in [-0.2, -0.15) is 0 Å². The van der Waals surface area contributed by atoms with Crippen LogP contribution in [0.25, 0.3) is 0 Å². The van der Waals surface area contributed by atoms with Crippen LogP contribution in [0.5, 0.6) is 0 Å². The zero-order chi connectivity index (χ0) is 20.2. The number of nitrogens with zero attached hydrogens (tertiary/aromatic N) is 4. The summed E-state index contributed by atoms with van der Waals surface area (Å²) in [6.45, 7) is 8.43. The molecule has 2 aromatic rings. The zero-order valence-electron chi connectivity index (χ0n) is 17.7. The number of carbonyl (C=O) groups excluding carboxylic acids is 1. The molecule has 0 aliphatic carbocycles. The van der Waals surface area contributed by atoms with Crippen molar-refractivity contribution in [1.29, 1.82) is 0 Å². The van der Waals surface area contributed by atoms with Gasteiger partial charge in [0, 0.05) is 61.9 Å².